The van der Waals surface area contributed by atoms with Crippen molar-refractivity contribution < 1.29 is 19.0 Å². The maximum absolute atomic E-state index is 13.1. The van der Waals surface area contributed by atoms with Crippen LogP contribution in [0.25, 0.3) is 0 Å². The molecular weight excluding hydrogens is 273 g/mol. The van der Waals surface area contributed by atoms with Crippen LogP contribution in [0.3, 0.4) is 0 Å². The van der Waals surface area contributed by atoms with E-state index in [1.807, 2.05) is 0 Å². The molecule has 0 heterocycles. The molecule has 2 rings (SSSR count). The van der Waals surface area contributed by atoms with E-state index in [4.69, 9.17) is 4.74 Å². The number of halogens is 1. The van der Waals surface area contributed by atoms with Crippen LogP contribution in [0, 0.1) is 12.7 Å². The number of aliphatic carboxylic acids is 1. The van der Waals surface area contributed by atoms with Crippen molar-refractivity contribution in [3.8, 4) is 5.75 Å². The Morgan fingerprint density at radius 1 is 1.24 bits per heavy atom. The van der Waals surface area contributed by atoms with Gasteiger partial charge in [-0.05, 0) is 54.4 Å². The predicted octanol–water partition coefficient (Wildman–Crippen LogP) is 3.38. The Morgan fingerprint density at radius 3 is 2.43 bits per heavy atom. The number of rotatable bonds is 5. The number of benzene rings is 2. The van der Waals surface area contributed by atoms with Gasteiger partial charge in [0.1, 0.15) is 11.6 Å². The number of carbonyl (C=O) groups is 1. The summed E-state index contributed by atoms with van der Waals surface area (Å²) in [6.07, 6.45) is 0. The number of hydrogen-bond acceptors (Lipinski definition) is 3. The van der Waals surface area contributed by atoms with Crippen LogP contribution in [0.4, 0.5) is 10.1 Å². The van der Waals surface area contributed by atoms with E-state index in [-0.39, 0.29) is 5.82 Å². The van der Waals surface area contributed by atoms with E-state index in [0.717, 1.165) is 0 Å². The second-order valence-electron chi connectivity index (χ2n) is 4.64. The van der Waals surface area contributed by atoms with Gasteiger partial charge in [0.25, 0.3) is 0 Å². The lowest BCUT2D eigenvalue weighted by Gasteiger charge is -2.18. The van der Waals surface area contributed by atoms with E-state index < -0.39 is 12.0 Å². The fourth-order valence-corrected chi connectivity index (χ4v) is 2.09. The highest BCUT2D eigenvalue weighted by atomic mass is 19.1. The number of nitrogens with one attached hydrogen (secondary N) is 1. The van der Waals surface area contributed by atoms with Crippen LogP contribution in [0.15, 0.2) is 42.5 Å². The molecule has 21 heavy (non-hydrogen) atoms. The second-order valence-corrected chi connectivity index (χ2v) is 4.64. The summed E-state index contributed by atoms with van der Waals surface area (Å²) in [6, 6.07) is 10.0. The predicted molar refractivity (Wildman–Crippen MR) is 78.1 cm³/mol. The van der Waals surface area contributed by atoms with Crippen molar-refractivity contribution in [2.75, 3.05) is 12.4 Å². The zero-order valence-corrected chi connectivity index (χ0v) is 11.8. The Labute approximate surface area is 122 Å². The molecule has 2 N–H and O–H groups in total. The zero-order valence-electron chi connectivity index (χ0n) is 11.8. The third-order valence-electron chi connectivity index (χ3n) is 3.19. The fraction of sp³-hybridized carbons (Fsp3) is 0.188. The maximum atomic E-state index is 13.1. The first-order valence-electron chi connectivity index (χ1n) is 6.40. The minimum atomic E-state index is -1.03. The van der Waals surface area contributed by atoms with Crippen LogP contribution < -0.4 is 10.1 Å². The molecule has 5 heteroatoms. The lowest BCUT2D eigenvalue weighted by molar-refractivity contribution is -0.138. The molecule has 0 radical (unpaired) electrons. The number of anilines is 1. The van der Waals surface area contributed by atoms with Gasteiger partial charge in [-0.2, -0.15) is 0 Å². The van der Waals surface area contributed by atoms with Crippen molar-refractivity contribution in [3.63, 3.8) is 0 Å². The van der Waals surface area contributed by atoms with Gasteiger partial charge in [0, 0.05) is 5.69 Å². The van der Waals surface area contributed by atoms with Crippen LogP contribution in [0.2, 0.25) is 0 Å². The number of aryl methyl sites for hydroxylation is 1. The molecule has 2 aromatic rings. The Balaban J connectivity index is 2.28. The molecule has 0 spiro atoms. The summed E-state index contributed by atoms with van der Waals surface area (Å²) in [4.78, 5) is 11.5. The van der Waals surface area contributed by atoms with Crippen molar-refractivity contribution in [1.82, 2.24) is 0 Å². The molecular formula is C16H16FNO3. The van der Waals surface area contributed by atoms with Gasteiger partial charge in [0.2, 0.25) is 0 Å². The van der Waals surface area contributed by atoms with E-state index in [1.54, 1.807) is 38.3 Å². The molecule has 0 aliphatic rings. The first kappa shape index (κ1) is 14.8. The molecule has 0 fully saturated rings. The molecule has 0 aliphatic carbocycles. The van der Waals surface area contributed by atoms with E-state index in [1.165, 1.54) is 18.2 Å². The highest BCUT2D eigenvalue weighted by molar-refractivity contribution is 5.79. The van der Waals surface area contributed by atoms with Gasteiger partial charge in [-0.3, -0.25) is 0 Å². The largest absolute Gasteiger partial charge is 0.497 e. The lowest BCUT2D eigenvalue weighted by Crippen LogP contribution is -2.21. The Hall–Kier alpha value is -2.56. The molecule has 0 saturated heterocycles. The first-order valence-corrected chi connectivity index (χ1v) is 6.40. The van der Waals surface area contributed by atoms with Crippen molar-refractivity contribution in [2.24, 2.45) is 0 Å². The van der Waals surface area contributed by atoms with E-state index in [2.05, 4.69) is 5.32 Å². The first-order chi connectivity index (χ1) is 10.0. The lowest BCUT2D eigenvalue weighted by atomic mass is 10.0. The summed E-state index contributed by atoms with van der Waals surface area (Å²) in [5, 5.41) is 12.3. The Morgan fingerprint density at radius 2 is 1.90 bits per heavy atom. The molecule has 0 saturated carbocycles. The van der Waals surface area contributed by atoms with Crippen molar-refractivity contribution in [2.45, 2.75) is 13.0 Å². The van der Waals surface area contributed by atoms with Gasteiger partial charge in [-0.1, -0.05) is 6.07 Å². The average molecular weight is 289 g/mol. The van der Waals surface area contributed by atoms with Crippen molar-refractivity contribution in [1.29, 1.82) is 0 Å². The molecule has 110 valence electrons. The van der Waals surface area contributed by atoms with Gasteiger partial charge in [0.05, 0.1) is 7.11 Å². The Kier molecular flexibility index (Phi) is 4.42. The Bertz CT molecular complexity index is 640. The fourth-order valence-electron chi connectivity index (χ4n) is 2.09. The molecule has 0 amide bonds. The zero-order chi connectivity index (χ0) is 15.4. The normalized spacial score (nSPS) is 11.8. The highest BCUT2D eigenvalue weighted by Crippen LogP contribution is 2.24. The quantitative estimate of drug-likeness (QED) is 0.886. The van der Waals surface area contributed by atoms with E-state index >= 15 is 0 Å². The highest BCUT2D eigenvalue weighted by Gasteiger charge is 2.21. The number of ether oxygens (including phenoxy) is 1. The average Bonchev–Trinajstić information content (AvgIpc) is 2.46. The molecule has 1 atom stereocenters. The van der Waals surface area contributed by atoms with Gasteiger partial charge in [-0.15, -0.1) is 0 Å². The molecule has 0 aliphatic heterocycles. The minimum Gasteiger partial charge on any atom is -0.497 e. The van der Waals surface area contributed by atoms with Gasteiger partial charge < -0.3 is 15.2 Å². The van der Waals surface area contributed by atoms with Crippen molar-refractivity contribution in [3.05, 3.63) is 59.4 Å². The summed E-state index contributed by atoms with van der Waals surface area (Å²) in [6.45, 7) is 1.68. The van der Waals surface area contributed by atoms with Crippen molar-refractivity contribution >= 4 is 11.7 Å². The van der Waals surface area contributed by atoms with Gasteiger partial charge >= 0.3 is 5.97 Å². The minimum absolute atomic E-state index is 0.384. The monoisotopic (exact) mass is 289 g/mol. The summed E-state index contributed by atoms with van der Waals surface area (Å²) < 4.78 is 18.2. The summed E-state index contributed by atoms with van der Waals surface area (Å²) in [5.74, 6) is -0.726. The smallest absolute Gasteiger partial charge is 0.330 e. The SMILES string of the molecule is COc1ccc(NC(C(=O)O)c2ccc(F)cc2C)cc1. The third kappa shape index (κ3) is 3.51. The van der Waals surface area contributed by atoms with E-state index in [9.17, 15) is 14.3 Å². The van der Waals surface area contributed by atoms with Crippen LogP contribution in [-0.2, 0) is 4.79 Å². The number of carboxylic acid groups (broad SMARTS) is 1. The maximum Gasteiger partial charge on any atom is 0.330 e. The van der Waals surface area contributed by atoms with E-state index in [0.29, 0.717) is 22.6 Å². The number of hydrogen-bond donors (Lipinski definition) is 2. The molecule has 0 aromatic heterocycles. The molecule has 1 unspecified atom stereocenters. The van der Waals surface area contributed by atoms with Gasteiger partial charge in [0.15, 0.2) is 6.04 Å². The molecule has 0 bridgehead atoms. The van der Waals surface area contributed by atoms with Gasteiger partial charge in [-0.25, -0.2) is 9.18 Å². The third-order valence-corrected chi connectivity index (χ3v) is 3.19. The second kappa shape index (κ2) is 6.26. The van der Waals surface area contributed by atoms with Crippen LogP contribution in [0.5, 0.6) is 5.75 Å². The number of carboxylic acids is 1. The van der Waals surface area contributed by atoms with Crippen LogP contribution >= 0.6 is 0 Å². The standard InChI is InChI=1S/C16H16FNO3/c1-10-9-11(17)3-8-14(10)15(16(19)20)18-12-4-6-13(21-2)7-5-12/h3-9,15,18H,1-2H3,(H,19,20). The molecule has 4 nitrogen and oxygen atoms in total. The summed E-state index contributed by atoms with van der Waals surface area (Å²) in [7, 11) is 1.56. The summed E-state index contributed by atoms with van der Waals surface area (Å²) >= 11 is 0. The topological polar surface area (TPSA) is 58.6 Å². The van der Waals surface area contributed by atoms with Crippen LogP contribution in [-0.4, -0.2) is 18.2 Å². The number of methoxy groups -OCH3 is 1. The van der Waals surface area contributed by atoms with Crippen LogP contribution in [0.1, 0.15) is 17.2 Å². The molecule has 2 aromatic carbocycles. The summed E-state index contributed by atoms with van der Waals surface area (Å²) in [5.41, 5.74) is 1.76.